The van der Waals surface area contributed by atoms with E-state index in [1.807, 2.05) is 48.5 Å². The number of pyridine rings is 1. The Morgan fingerprint density at radius 2 is 1.83 bits per heavy atom. The van der Waals surface area contributed by atoms with Gasteiger partial charge in [0.25, 0.3) is 11.8 Å². The number of carbonyl (C=O) groups is 3. The summed E-state index contributed by atoms with van der Waals surface area (Å²) < 4.78 is 15.5. The van der Waals surface area contributed by atoms with Gasteiger partial charge in [-0.15, -0.1) is 0 Å². The maximum atomic E-state index is 13.2. The first-order chi connectivity index (χ1) is 17.5. The van der Waals surface area contributed by atoms with E-state index < -0.39 is 24.4 Å². The number of hydrogen-bond acceptors (Lipinski definition) is 7. The van der Waals surface area contributed by atoms with Crippen molar-refractivity contribution < 1.29 is 28.3 Å². The van der Waals surface area contributed by atoms with E-state index in [4.69, 9.17) is 18.9 Å². The number of ether oxygens (including phenoxy) is 2. The number of furan rings is 1. The largest absolute Gasteiger partial charge is 0.497 e. The summed E-state index contributed by atoms with van der Waals surface area (Å²) in [4.78, 5) is 42.2. The minimum absolute atomic E-state index is 0.0104. The van der Waals surface area contributed by atoms with Crippen LogP contribution in [0.4, 0.5) is 0 Å². The zero-order chi connectivity index (χ0) is 25.1. The van der Waals surface area contributed by atoms with Crippen molar-refractivity contribution in [3.05, 3.63) is 95.1 Å². The van der Waals surface area contributed by atoms with Gasteiger partial charge < -0.3 is 13.9 Å². The van der Waals surface area contributed by atoms with E-state index in [9.17, 15) is 14.4 Å². The zero-order valence-corrected chi connectivity index (χ0v) is 19.4. The highest BCUT2D eigenvalue weighted by molar-refractivity contribution is 6.08. The second-order valence-corrected chi connectivity index (χ2v) is 8.20. The fourth-order valence-electron chi connectivity index (χ4n) is 4.25. The third kappa shape index (κ3) is 4.61. The Hall–Kier alpha value is -4.72. The predicted octanol–water partition coefficient (Wildman–Crippen LogP) is 4.44. The first-order valence-corrected chi connectivity index (χ1v) is 11.3. The minimum Gasteiger partial charge on any atom is -0.497 e. The van der Waals surface area contributed by atoms with Crippen LogP contribution in [0.2, 0.25) is 0 Å². The molecule has 0 unspecified atom stereocenters. The van der Waals surface area contributed by atoms with Crippen molar-refractivity contribution in [3.8, 4) is 5.75 Å². The lowest BCUT2D eigenvalue weighted by molar-refractivity contribution is -0.123. The molecule has 180 valence electrons. The Morgan fingerprint density at radius 3 is 2.58 bits per heavy atom. The summed E-state index contributed by atoms with van der Waals surface area (Å²) in [5, 5.41) is 2.79. The summed E-state index contributed by atoms with van der Waals surface area (Å²) >= 11 is 0. The highest BCUT2D eigenvalue weighted by atomic mass is 16.5. The van der Waals surface area contributed by atoms with Gasteiger partial charge in [0.2, 0.25) is 0 Å². The molecule has 8 heteroatoms. The fourth-order valence-corrected chi connectivity index (χ4v) is 4.25. The van der Waals surface area contributed by atoms with Gasteiger partial charge >= 0.3 is 5.97 Å². The number of nitrogens with one attached hydrogen (secondary N) is 1. The standard InChI is InChI=1S/C28H22N2O6/c1-34-19-11-8-17(9-12-19)15-18-10-13-21-25(20-5-2-3-6-22(20)29-26(18)21)28(33)36-16-24(31)30-27(32)23-7-4-14-35-23/h2-9,11-12,14-15H,10,13,16H2,1H3,(H,30,31,32)/b18-15+. The summed E-state index contributed by atoms with van der Waals surface area (Å²) in [7, 11) is 1.62. The van der Waals surface area contributed by atoms with Crippen molar-refractivity contribution >= 4 is 40.3 Å². The Kier molecular flexibility index (Phi) is 6.32. The predicted molar refractivity (Wildman–Crippen MR) is 132 cm³/mol. The average Bonchev–Trinajstić information content (AvgIpc) is 3.57. The van der Waals surface area contributed by atoms with Crippen LogP contribution in [-0.2, 0) is 16.0 Å². The lowest BCUT2D eigenvalue weighted by atomic mass is 10.0. The number of esters is 1. The Balaban J connectivity index is 1.41. The van der Waals surface area contributed by atoms with E-state index in [2.05, 4.69) is 11.4 Å². The van der Waals surface area contributed by atoms with E-state index in [0.717, 1.165) is 28.1 Å². The molecule has 2 aromatic carbocycles. The maximum absolute atomic E-state index is 13.2. The van der Waals surface area contributed by atoms with Crippen LogP contribution in [0.5, 0.6) is 5.75 Å². The first kappa shape index (κ1) is 23.0. The first-order valence-electron chi connectivity index (χ1n) is 11.3. The molecular formula is C28H22N2O6. The van der Waals surface area contributed by atoms with Crippen LogP contribution in [0.15, 0.2) is 71.3 Å². The number of nitrogens with zero attached hydrogens (tertiary/aromatic N) is 1. The van der Waals surface area contributed by atoms with Crippen LogP contribution >= 0.6 is 0 Å². The molecule has 0 fully saturated rings. The molecule has 5 rings (SSSR count). The van der Waals surface area contributed by atoms with Crippen LogP contribution < -0.4 is 10.1 Å². The molecular weight excluding hydrogens is 460 g/mol. The van der Waals surface area contributed by atoms with Gasteiger partial charge in [-0.05, 0) is 65.9 Å². The number of allylic oxidation sites excluding steroid dienone is 1. The summed E-state index contributed by atoms with van der Waals surface area (Å²) in [5.74, 6) is -1.34. The monoisotopic (exact) mass is 482 g/mol. The second kappa shape index (κ2) is 9.87. The SMILES string of the molecule is COc1ccc(/C=C2\CCc3c2nc2ccccc2c3C(=O)OCC(=O)NC(=O)c2ccco2)cc1. The van der Waals surface area contributed by atoms with Gasteiger partial charge in [-0.25, -0.2) is 9.78 Å². The van der Waals surface area contributed by atoms with Crippen molar-refractivity contribution in [1.29, 1.82) is 0 Å². The third-order valence-electron chi connectivity index (χ3n) is 5.93. The van der Waals surface area contributed by atoms with Crippen LogP contribution in [0.25, 0.3) is 22.6 Å². The smallest absolute Gasteiger partial charge is 0.339 e. The van der Waals surface area contributed by atoms with Crippen LogP contribution in [-0.4, -0.2) is 36.5 Å². The minimum atomic E-state index is -0.750. The molecule has 1 N–H and O–H groups in total. The third-order valence-corrected chi connectivity index (χ3v) is 5.93. The average molecular weight is 482 g/mol. The van der Waals surface area contributed by atoms with Crippen molar-refractivity contribution in [2.24, 2.45) is 0 Å². The topological polar surface area (TPSA) is 108 Å². The van der Waals surface area contributed by atoms with Gasteiger partial charge in [-0.3, -0.25) is 14.9 Å². The highest BCUT2D eigenvalue weighted by Crippen LogP contribution is 2.38. The zero-order valence-electron chi connectivity index (χ0n) is 19.4. The number of fused-ring (bicyclic) bond motifs is 2. The number of benzene rings is 2. The molecule has 0 saturated carbocycles. The molecule has 2 heterocycles. The summed E-state index contributed by atoms with van der Waals surface area (Å²) in [6.45, 7) is -0.606. The second-order valence-electron chi connectivity index (χ2n) is 8.20. The quantitative estimate of drug-likeness (QED) is 0.405. The van der Waals surface area contributed by atoms with E-state index in [-0.39, 0.29) is 5.76 Å². The molecule has 2 aromatic heterocycles. The highest BCUT2D eigenvalue weighted by Gasteiger charge is 2.28. The molecule has 1 aliphatic rings. The normalized spacial score (nSPS) is 13.4. The number of methoxy groups -OCH3 is 1. The Labute approximate surface area is 206 Å². The van der Waals surface area contributed by atoms with E-state index in [0.29, 0.717) is 29.3 Å². The summed E-state index contributed by atoms with van der Waals surface area (Å²) in [5.41, 5.74) is 4.58. The lowest BCUT2D eigenvalue weighted by Gasteiger charge is -2.12. The molecule has 8 nitrogen and oxygen atoms in total. The molecule has 2 amide bonds. The number of amides is 2. The van der Waals surface area contributed by atoms with Crippen LogP contribution in [0, 0.1) is 0 Å². The van der Waals surface area contributed by atoms with Crippen LogP contribution in [0.3, 0.4) is 0 Å². The lowest BCUT2D eigenvalue weighted by Crippen LogP contribution is -2.34. The number of para-hydroxylation sites is 1. The van der Waals surface area contributed by atoms with Gasteiger partial charge in [0.1, 0.15) is 5.75 Å². The molecule has 1 aliphatic carbocycles. The molecule has 0 spiro atoms. The van der Waals surface area contributed by atoms with Gasteiger partial charge in [-0.2, -0.15) is 0 Å². The van der Waals surface area contributed by atoms with Crippen molar-refractivity contribution in [2.45, 2.75) is 12.8 Å². The van der Waals surface area contributed by atoms with Gasteiger partial charge in [-0.1, -0.05) is 30.3 Å². The Morgan fingerprint density at radius 1 is 1.03 bits per heavy atom. The van der Waals surface area contributed by atoms with Crippen molar-refractivity contribution in [2.75, 3.05) is 13.7 Å². The number of carbonyl (C=O) groups excluding carboxylic acids is 3. The maximum Gasteiger partial charge on any atom is 0.339 e. The number of aromatic nitrogens is 1. The Bertz CT molecular complexity index is 1490. The van der Waals surface area contributed by atoms with Gasteiger partial charge in [0.05, 0.1) is 30.1 Å². The number of hydrogen-bond donors (Lipinski definition) is 1. The fraction of sp³-hybridized carbons (Fsp3) is 0.143. The summed E-state index contributed by atoms with van der Waals surface area (Å²) in [6.07, 6.45) is 4.70. The molecule has 36 heavy (non-hydrogen) atoms. The van der Waals surface area contributed by atoms with Crippen molar-refractivity contribution in [3.63, 3.8) is 0 Å². The van der Waals surface area contributed by atoms with E-state index in [1.165, 1.54) is 18.4 Å². The molecule has 4 aromatic rings. The van der Waals surface area contributed by atoms with Gasteiger partial charge in [0, 0.05) is 5.39 Å². The molecule has 0 radical (unpaired) electrons. The van der Waals surface area contributed by atoms with E-state index >= 15 is 0 Å². The molecule has 0 aliphatic heterocycles. The number of imide groups is 1. The van der Waals surface area contributed by atoms with Gasteiger partial charge in [0.15, 0.2) is 12.4 Å². The van der Waals surface area contributed by atoms with Crippen LogP contribution in [0.1, 0.15) is 44.2 Å². The van der Waals surface area contributed by atoms with Crippen molar-refractivity contribution in [1.82, 2.24) is 10.3 Å². The number of rotatable bonds is 6. The van der Waals surface area contributed by atoms with E-state index in [1.54, 1.807) is 7.11 Å². The molecule has 0 bridgehead atoms. The molecule has 0 atom stereocenters. The summed E-state index contributed by atoms with van der Waals surface area (Å²) in [6, 6.07) is 18.0. The molecule has 0 saturated heterocycles.